The zero-order valence-electron chi connectivity index (χ0n) is 16.7. The van der Waals surface area contributed by atoms with Gasteiger partial charge in [-0.2, -0.15) is 0 Å². The van der Waals surface area contributed by atoms with Crippen LogP contribution in [0.3, 0.4) is 0 Å². The number of para-hydroxylation sites is 1. The van der Waals surface area contributed by atoms with Crippen molar-refractivity contribution in [3.63, 3.8) is 0 Å². The number of hydrogen-bond donors (Lipinski definition) is 3. The summed E-state index contributed by atoms with van der Waals surface area (Å²) in [7, 11) is 0. The van der Waals surface area contributed by atoms with E-state index in [4.69, 9.17) is 4.74 Å². The van der Waals surface area contributed by atoms with Gasteiger partial charge >= 0.3 is 0 Å². The molecule has 0 saturated carbocycles. The van der Waals surface area contributed by atoms with Gasteiger partial charge in [-0.05, 0) is 42.0 Å². The molecule has 1 fully saturated rings. The number of aliphatic imine (C=N–C) groups is 1. The van der Waals surface area contributed by atoms with Gasteiger partial charge in [0.2, 0.25) is 11.8 Å². The van der Waals surface area contributed by atoms with Crippen LogP contribution in [-0.4, -0.2) is 23.8 Å². The number of carbonyl (C=O) groups excluding carboxylic acids is 2. The molecule has 1 aliphatic rings. The van der Waals surface area contributed by atoms with Crippen molar-refractivity contribution in [2.75, 3.05) is 5.32 Å². The fraction of sp³-hybridized carbons (Fsp3) is 0.125. The van der Waals surface area contributed by atoms with Crippen molar-refractivity contribution in [2.45, 2.75) is 19.0 Å². The van der Waals surface area contributed by atoms with Crippen LogP contribution in [-0.2, 0) is 16.1 Å². The van der Waals surface area contributed by atoms with Crippen LogP contribution in [0.5, 0.6) is 11.5 Å². The van der Waals surface area contributed by atoms with Crippen molar-refractivity contribution in [1.29, 1.82) is 0 Å². The molecule has 7 heteroatoms. The lowest BCUT2D eigenvalue weighted by Gasteiger charge is -2.25. The summed E-state index contributed by atoms with van der Waals surface area (Å²) in [5.41, 5.74) is 1.62. The molecule has 0 spiro atoms. The second-order valence-electron chi connectivity index (χ2n) is 7.03. The Morgan fingerprint density at radius 3 is 2.29 bits per heavy atom. The Labute approximate surface area is 180 Å². The second-order valence-corrected chi connectivity index (χ2v) is 7.03. The molecule has 156 valence electrons. The molecule has 1 atom stereocenters. The Kier molecular flexibility index (Phi) is 6.23. The number of benzene rings is 3. The molecule has 1 aliphatic heterocycles. The Balaban J connectivity index is 1.35. The lowest BCUT2D eigenvalue weighted by atomic mass is 10.1. The summed E-state index contributed by atoms with van der Waals surface area (Å²) in [5.74, 6) is 1.14. The number of nitrogens with one attached hydrogen (secondary N) is 3. The molecule has 0 aromatic heterocycles. The smallest absolute Gasteiger partial charge is 0.247 e. The zero-order chi connectivity index (χ0) is 21.5. The van der Waals surface area contributed by atoms with Crippen molar-refractivity contribution >= 4 is 23.5 Å². The lowest BCUT2D eigenvalue weighted by molar-refractivity contribution is -0.125. The molecule has 0 radical (unpaired) electrons. The van der Waals surface area contributed by atoms with Crippen LogP contribution in [0.15, 0.2) is 89.9 Å². The Morgan fingerprint density at radius 2 is 1.58 bits per heavy atom. The molecule has 3 N–H and O–H groups in total. The van der Waals surface area contributed by atoms with Gasteiger partial charge in [0, 0.05) is 5.69 Å². The molecule has 0 bridgehead atoms. The molecular formula is C24H22N4O3. The molecule has 1 heterocycles. The Morgan fingerprint density at radius 1 is 0.935 bits per heavy atom. The molecule has 4 rings (SSSR count). The number of rotatable bonds is 6. The van der Waals surface area contributed by atoms with Gasteiger partial charge in [0.15, 0.2) is 5.96 Å². The normalized spacial score (nSPS) is 16.8. The largest absolute Gasteiger partial charge is 0.457 e. The van der Waals surface area contributed by atoms with Gasteiger partial charge in [0.1, 0.15) is 17.5 Å². The van der Waals surface area contributed by atoms with E-state index < -0.39 is 6.04 Å². The summed E-state index contributed by atoms with van der Waals surface area (Å²) in [4.78, 5) is 29.1. The number of anilines is 1. The van der Waals surface area contributed by atoms with Crippen molar-refractivity contribution < 1.29 is 14.3 Å². The van der Waals surface area contributed by atoms with Crippen LogP contribution in [0, 0.1) is 0 Å². The zero-order valence-corrected chi connectivity index (χ0v) is 16.7. The van der Waals surface area contributed by atoms with Crippen LogP contribution in [0.4, 0.5) is 5.69 Å². The third-order valence-electron chi connectivity index (χ3n) is 4.64. The summed E-state index contributed by atoms with van der Waals surface area (Å²) in [6.07, 6.45) is 0.0331. The first-order valence-corrected chi connectivity index (χ1v) is 9.94. The van der Waals surface area contributed by atoms with Gasteiger partial charge in [-0.15, -0.1) is 0 Å². The average Bonchev–Trinajstić information content (AvgIpc) is 2.80. The molecule has 0 aliphatic carbocycles. The van der Waals surface area contributed by atoms with Gasteiger partial charge in [-0.25, -0.2) is 4.99 Å². The first-order chi connectivity index (χ1) is 15.2. The standard InChI is InChI=1S/C24H22N4O3/c29-22-15-21(27-24(28-22)25-16-17-7-3-1-4-8-17)23(30)26-18-11-13-20(14-12-18)31-19-9-5-2-6-10-19/h1-14,21H,15-16H2,(H,26,30)(H2,25,27,28,29). The summed E-state index contributed by atoms with van der Waals surface area (Å²) in [6.45, 7) is 0.403. The Bertz CT molecular complexity index is 1070. The van der Waals surface area contributed by atoms with E-state index in [-0.39, 0.29) is 18.2 Å². The van der Waals surface area contributed by atoms with Gasteiger partial charge < -0.3 is 15.4 Å². The molecular weight excluding hydrogens is 392 g/mol. The molecule has 3 aromatic rings. The van der Waals surface area contributed by atoms with Gasteiger partial charge in [0.05, 0.1) is 13.0 Å². The van der Waals surface area contributed by atoms with E-state index in [2.05, 4.69) is 20.9 Å². The van der Waals surface area contributed by atoms with Crippen LogP contribution >= 0.6 is 0 Å². The number of hydrogen-bond acceptors (Lipinski definition) is 4. The maximum Gasteiger partial charge on any atom is 0.247 e. The highest BCUT2D eigenvalue weighted by atomic mass is 16.5. The lowest BCUT2D eigenvalue weighted by Crippen LogP contribution is -2.57. The minimum Gasteiger partial charge on any atom is -0.457 e. The quantitative estimate of drug-likeness (QED) is 0.576. The molecule has 3 aromatic carbocycles. The van der Waals surface area contributed by atoms with E-state index in [0.717, 1.165) is 11.3 Å². The fourth-order valence-corrected chi connectivity index (χ4v) is 3.08. The van der Waals surface area contributed by atoms with Gasteiger partial charge in [0.25, 0.3) is 0 Å². The second kappa shape index (κ2) is 9.58. The summed E-state index contributed by atoms with van der Waals surface area (Å²) < 4.78 is 5.75. The van der Waals surface area contributed by atoms with E-state index in [0.29, 0.717) is 23.9 Å². The predicted molar refractivity (Wildman–Crippen MR) is 119 cm³/mol. The van der Waals surface area contributed by atoms with Crippen molar-refractivity contribution in [3.8, 4) is 11.5 Å². The molecule has 2 amide bonds. The van der Waals surface area contributed by atoms with Crippen LogP contribution in [0.2, 0.25) is 0 Å². The maximum absolute atomic E-state index is 12.7. The van der Waals surface area contributed by atoms with Crippen LogP contribution in [0.1, 0.15) is 12.0 Å². The van der Waals surface area contributed by atoms with Crippen LogP contribution < -0.4 is 20.7 Å². The van der Waals surface area contributed by atoms with E-state index >= 15 is 0 Å². The number of carbonyl (C=O) groups is 2. The van der Waals surface area contributed by atoms with Crippen molar-refractivity contribution in [2.24, 2.45) is 4.99 Å². The molecule has 1 saturated heterocycles. The van der Waals surface area contributed by atoms with E-state index in [1.165, 1.54) is 0 Å². The molecule has 1 unspecified atom stereocenters. The average molecular weight is 414 g/mol. The third kappa shape index (κ3) is 5.70. The first kappa shape index (κ1) is 20.2. The number of guanidine groups is 1. The minimum absolute atomic E-state index is 0.0331. The number of ether oxygens (including phenoxy) is 1. The summed E-state index contributed by atoms with van der Waals surface area (Å²) >= 11 is 0. The molecule has 31 heavy (non-hydrogen) atoms. The van der Waals surface area contributed by atoms with Crippen molar-refractivity contribution in [3.05, 3.63) is 90.5 Å². The topological polar surface area (TPSA) is 91.8 Å². The number of nitrogens with zero attached hydrogens (tertiary/aromatic N) is 1. The van der Waals surface area contributed by atoms with E-state index in [1.807, 2.05) is 60.7 Å². The van der Waals surface area contributed by atoms with E-state index in [9.17, 15) is 9.59 Å². The number of amides is 2. The van der Waals surface area contributed by atoms with Gasteiger partial charge in [-0.3, -0.25) is 14.9 Å². The maximum atomic E-state index is 12.7. The highest BCUT2D eigenvalue weighted by molar-refractivity contribution is 6.07. The van der Waals surface area contributed by atoms with Gasteiger partial charge in [-0.1, -0.05) is 48.5 Å². The highest BCUT2D eigenvalue weighted by Crippen LogP contribution is 2.22. The third-order valence-corrected chi connectivity index (χ3v) is 4.64. The first-order valence-electron chi connectivity index (χ1n) is 9.94. The summed E-state index contributed by atoms with van der Waals surface area (Å²) in [6, 6.07) is 25.5. The summed E-state index contributed by atoms with van der Waals surface area (Å²) in [5, 5.41) is 8.49. The Hall–Kier alpha value is -4.13. The fourth-order valence-electron chi connectivity index (χ4n) is 3.08. The SMILES string of the molecule is O=C1CC(C(=O)Nc2ccc(Oc3ccccc3)cc2)NC(=NCc2ccccc2)N1. The van der Waals surface area contributed by atoms with Crippen molar-refractivity contribution in [1.82, 2.24) is 10.6 Å². The minimum atomic E-state index is -0.705. The molecule has 7 nitrogen and oxygen atoms in total. The predicted octanol–water partition coefficient (Wildman–Crippen LogP) is 3.45. The van der Waals surface area contributed by atoms with Crippen LogP contribution in [0.25, 0.3) is 0 Å². The monoisotopic (exact) mass is 414 g/mol. The van der Waals surface area contributed by atoms with E-state index in [1.54, 1.807) is 24.3 Å². The highest BCUT2D eigenvalue weighted by Gasteiger charge is 2.28.